The summed E-state index contributed by atoms with van der Waals surface area (Å²) >= 11 is 0. The molecule has 5 N–H and O–H groups in total. The number of aliphatic hydroxyl groups is 3. The van der Waals surface area contributed by atoms with Crippen LogP contribution >= 0.6 is 0 Å². The highest BCUT2D eigenvalue weighted by molar-refractivity contribution is 5.75. The lowest BCUT2D eigenvalue weighted by molar-refractivity contribution is 0.000274. The lowest BCUT2D eigenvalue weighted by Gasteiger charge is -2.18. The highest BCUT2D eigenvalue weighted by Gasteiger charge is 2.44. The summed E-state index contributed by atoms with van der Waals surface area (Å²) in [5.41, 5.74) is 8.37. The molecular formula is C13H17N3O3. The van der Waals surface area contributed by atoms with Gasteiger partial charge in [0.2, 0.25) is 0 Å². The molecule has 1 heterocycles. The molecule has 1 fully saturated rings. The van der Waals surface area contributed by atoms with Crippen molar-refractivity contribution < 1.29 is 15.3 Å². The maximum Gasteiger partial charge on any atom is 0.130 e. The number of nitrogens with zero attached hydrogens (tertiary/aromatic N) is 2. The molecule has 0 radical (unpaired) electrons. The molecule has 1 aromatic heterocycles. The van der Waals surface area contributed by atoms with E-state index in [0.29, 0.717) is 18.7 Å². The van der Waals surface area contributed by atoms with E-state index in [9.17, 15) is 15.3 Å². The minimum absolute atomic E-state index is 0.124. The van der Waals surface area contributed by atoms with Gasteiger partial charge in [-0.1, -0.05) is 6.08 Å². The van der Waals surface area contributed by atoms with Crippen LogP contribution in [0.1, 0.15) is 17.7 Å². The van der Waals surface area contributed by atoms with Crippen LogP contribution in [0.2, 0.25) is 0 Å². The molecule has 102 valence electrons. The fraction of sp³-hybridized carbons (Fsp3) is 0.538. The molecule has 0 saturated heterocycles. The Morgan fingerprint density at radius 2 is 2.05 bits per heavy atom. The molecule has 6 nitrogen and oxygen atoms in total. The van der Waals surface area contributed by atoms with E-state index in [1.54, 1.807) is 0 Å². The van der Waals surface area contributed by atoms with Crippen LogP contribution in [0, 0.1) is 11.8 Å². The second kappa shape index (κ2) is 4.56. The van der Waals surface area contributed by atoms with Gasteiger partial charge >= 0.3 is 0 Å². The average molecular weight is 263 g/mol. The zero-order valence-electron chi connectivity index (χ0n) is 10.4. The third kappa shape index (κ3) is 1.83. The molecule has 19 heavy (non-hydrogen) atoms. The number of aromatic nitrogens is 2. The molecule has 0 spiro atoms. The van der Waals surface area contributed by atoms with E-state index in [4.69, 9.17) is 5.73 Å². The molecule has 1 aromatic rings. The van der Waals surface area contributed by atoms with Crippen LogP contribution in [0.4, 0.5) is 5.82 Å². The topological polar surface area (TPSA) is 112 Å². The fourth-order valence-electron chi connectivity index (χ4n) is 3.13. The van der Waals surface area contributed by atoms with E-state index in [2.05, 4.69) is 9.97 Å². The Kier molecular flexibility index (Phi) is 3.00. The highest BCUT2D eigenvalue weighted by Crippen LogP contribution is 2.43. The van der Waals surface area contributed by atoms with Crippen molar-refractivity contribution in [1.82, 2.24) is 9.97 Å². The number of nitrogen functional groups attached to an aromatic ring is 1. The Morgan fingerprint density at radius 3 is 2.74 bits per heavy atom. The Hall–Kier alpha value is -1.50. The third-order valence-corrected chi connectivity index (χ3v) is 4.21. The summed E-state index contributed by atoms with van der Waals surface area (Å²) in [5.74, 6) is -0.0326. The van der Waals surface area contributed by atoms with Gasteiger partial charge in [-0.3, -0.25) is 0 Å². The lowest BCUT2D eigenvalue weighted by Crippen LogP contribution is -2.29. The van der Waals surface area contributed by atoms with Crippen molar-refractivity contribution in [2.45, 2.75) is 25.0 Å². The lowest BCUT2D eigenvalue weighted by atomic mass is 9.93. The molecule has 3 rings (SSSR count). The molecule has 1 saturated carbocycles. The number of fused-ring (bicyclic) bond motifs is 1. The molecular weight excluding hydrogens is 246 g/mol. The molecule has 2 aliphatic carbocycles. The molecule has 4 atom stereocenters. The number of hydrogen-bond acceptors (Lipinski definition) is 6. The summed E-state index contributed by atoms with van der Waals surface area (Å²) in [6.45, 7) is -0.124. The number of hydrogen-bond donors (Lipinski definition) is 4. The van der Waals surface area contributed by atoms with Gasteiger partial charge in [-0.25, -0.2) is 9.97 Å². The molecule has 0 bridgehead atoms. The molecule has 0 amide bonds. The van der Waals surface area contributed by atoms with Gasteiger partial charge in [0.15, 0.2) is 0 Å². The van der Waals surface area contributed by atoms with Gasteiger partial charge in [0.05, 0.1) is 17.9 Å². The van der Waals surface area contributed by atoms with E-state index < -0.39 is 12.2 Å². The Bertz CT molecular complexity index is 532. The van der Waals surface area contributed by atoms with Crippen molar-refractivity contribution in [2.24, 2.45) is 11.8 Å². The zero-order chi connectivity index (χ0) is 13.6. The second-order valence-corrected chi connectivity index (χ2v) is 5.22. The first-order valence-electron chi connectivity index (χ1n) is 6.40. The maximum atomic E-state index is 10.1. The van der Waals surface area contributed by atoms with E-state index in [-0.39, 0.29) is 18.4 Å². The van der Waals surface area contributed by atoms with Crippen LogP contribution in [0.25, 0.3) is 5.57 Å². The van der Waals surface area contributed by atoms with Crippen molar-refractivity contribution in [2.75, 3.05) is 12.3 Å². The van der Waals surface area contributed by atoms with Gasteiger partial charge in [-0.05, 0) is 18.4 Å². The molecule has 0 aromatic carbocycles. The normalized spacial score (nSPS) is 33.3. The monoisotopic (exact) mass is 263 g/mol. The Balaban J connectivity index is 1.92. The first kappa shape index (κ1) is 12.5. The minimum atomic E-state index is -0.890. The third-order valence-electron chi connectivity index (χ3n) is 4.21. The molecule has 6 heteroatoms. The first-order chi connectivity index (χ1) is 9.13. The van der Waals surface area contributed by atoms with Gasteiger partial charge in [0, 0.05) is 24.0 Å². The van der Waals surface area contributed by atoms with Crippen LogP contribution in [0.3, 0.4) is 0 Å². The van der Waals surface area contributed by atoms with Crippen molar-refractivity contribution in [3.8, 4) is 0 Å². The fourth-order valence-corrected chi connectivity index (χ4v) is 3.13. The molecule has 0 aliphatic heterocycles. The van der Waals surface area contributed by atoms with Gasteiger partial charge in [0.25, 0.3) is 0 Å². The number of rotatable bonds is 2. The SMILES string of the molecule is Nc1ncnc2c1CC=C2[C@@H]1C[C@H](CO)[C@H](O)[C@H]1O. The summed E-state index contributed by atoms with van der Waals surface area (Å²) in [7, 11) is 0. The second-order valence-electron chi connectivity index (χ2n) is 5.22. The predicted octanol–water partition coefficient (Wildman–Crippen LogP) is -0.652. The summed E-state index contributed by atoms with van der Waals surface area (Å²) < 4.78 is 0. The standard InChI is InChI=1S/C13H17N3O3/c14-13-8-2-1-7(10(8)15-5-16-13)9-3-6(4-17)11(18)12(9)19/h1,5-6,9,11-12,17-19H,2-4H2,(H2,14,15,16)/t6-,9+,11+,12+/m1/s1. The van der Waals surface area contributed by atoms with Crippen LogP contribution in [-0.4, -0.2) is 44.1 Å². The minimum Gasteiger partial charge on any atom is -0.396 e. The number of allylic oxidation sites excluding steroid dienone is 1. The number of nitrogens with two attached hydrogens (primary N) is 1. The van der Waals surface area contributed by atoms with Gasteiger partial charge < -0.3 is 21.1 Å². The zero-order valence-corrected chi connectivity index (χ0v) is 10.4. The Morgan fingerprint density at radius 1 is 1.26 bits per heavy atom. The van der Waals surface area contributed by atoms with Crippen molar-refractivity contribution in [1.29, 1.82) is 0 Å². The smallest absolute Gasteiger partial charge is 0.130 e. The van der Waals surface area contributed by atoms with E-state index in [0.717, 1.165) is 16.8 Å². The summed E-state index contributed by atoms with van der Waals surface area (Å²) in [5, 5.41) is 29.3. The highest BCUT2D eigenvalue weighted by atomic mass is 16.3. The van der Waals surface area contributed by atoms with E-state index in [1.165, 1.54) is 6.33 Å². The van der Waals surface area contributed by atoms with Gasteiger partial charge in [-0.15, -0.1) is 0 Å². The summed E-state index contributed by atoms with van der Waals surface area (Å²) in [6, 6.07) is 0. The number of aliphatic hydroxyl groups excluding tert-OH is 3. The van der Waals surface area contributed by atoms with Crippen molar-refractivity contribution in [3.63, 3.8) is 0 Å². The number of anilines is 1. The predicted molar refractivity (Wildman–Crippen MR) is 68.8 cm³/mol. The average Bonchev–Trinajstić information content (AvgIpc) is 2.94. The summed E-state index contributed by atoms with van der Waals surface area (Å²) in [4.78, 5) is 8.20. The van der Waals surface area contributed by atoms with Gasteiger partial charge in [-0.2, -0.15) is 0 Å². The van der Waals surface area contributed by atoms with E-state index >= 15 is 0 Å². The first-order valence-corrected chi connectivity index (χ1v) is 6.40. The van der Waals surface area contributed by atoms with Crippen molar-refractivity contribution in [3.05, 3.63) is 23.7 Å². The van der Waals surface area contributed by atoms with Crippen LogP contribution < -0.4 is 5.73 Å². The van der Waals surface area contributed by atoms with E-state index in [1.807, 2.05) is 6.08 Å². The molecule has 0 unspecified atom stereocenters. The van der Waals surface area contributed by atoms with Crippen LogP contribution in [0.5, 0.6) is 0 Å². The largest absolute Gasteiger partial charge is 0.396 e. The quantitative estimate of drug-likeness (QED) is 0.564. The van der Waals surface area contributed by atoms with Crippen LogP contribution in [0.15, 0.2) is 12.4 Å². The van der Waals surface area contributed by atoms with Crippen molar-refractivity contribution >= 4 is 11.4 Å². The summed E-state index contributed by atoms with van der Waals surface area (Å²) in [6.07, 6.45) is 2.84. The van der Waals surface area contributed by atoms with Gasteiger partial charge in [0.1, 0.15) is 12.1 Å². The molecule has 2 aliphatic rings. The maximum absolute atomic E-state index is 10.1. The van der Waals surface area contributed by atoms with Crippen LogP contribution in [-0.2, 0) is 6.42 Å². The Labute approximate surface area is 110 Å².